The molecule has 0 radical (unpaired) electrons. The van der Waals surface area contributed by atoms with Crippen molar-refractivity contribution in [2.45, 2.75) is 122 Å². The number of carboxylic acids is 1. The van der Waals surface area contributed by atoms with E-state index in [1.807, 2.05) is 26.0 Å². The molecule has 4 aliphatic carbocycles. The lowest BCUT2D eigenvalue weighted by Gasteiger charge is -2.55. The van der Waals surface area contributed by atoms with E-state index in [0.29, 0.717) is 32.1 Å². The number of ketones is 1. The Labute approximate surface area is 348 Å². The summed E-state index contributed by atoms with van der Waals surface area (Å²) in [6.45, 7) is 9.40. The molecule has 14 heteroatoms. The molecule has 5 N–H and O–H groups in total. The number of allylic oxidation sites excluding steroid dienone is 5. The molecule has 13 atom stereocenters. The first-order valence-electron chi connectivity index (χ1n) is 20.5. The fourth-order valence-electron chi connectivity index (χ4n) is 11.0. The summed E-state index contributed by atoms with van der Waals surface area (Å²) in [7, 11) is 0. The van der Waals surface area contributed by atoms with Crippen LogP contribution in [0.15, 0.2) is 65.5 Å². The van der Waals surface area contributed by atoms with Gasteiger partial charge in [-0.3, -0.25) is 9.59 Å². The number of aliphatic hydroxyl groups is 2. The highest BCUT2D eigenvalue weighted by molar-refractivity contribution is 6.36. The van der Waals surface area contributed by atoms with Gasteiger partial charge in [-0.1, -0.05) is 86.5 Å². The number of Topliss-reactive ketones (excluding diaryl/α,β-unsaturated/α-hetero) is 1. The van der Waals surface area contributed by atoms with Gasteiger partial charge in [-0.15, -0.1) is 0 Å². The Bertz CT molecular complexity index is 1990. The number of carbonyl (C=O) groups excluding carboxylic acids is 3. The summed E-state index contributed by atoms with van der Waals surface area (Å²) in [4.78, 5) is 57.4. The van der Waals surface area contributed by atoms with Crippen molar-refractivity contribution in [3.63, 3.8) is 0 Å². The molecule has 1 saturated carbocycles. The quantitative estimate of drug-likeness (QED) is 0.104. The summed E-state index contributed by atoms with van der Waals surface area (Å²) in [5.74, 6) is -4.71. The molecule has 2 saturated heterocycles. The summed E-state index contributed by atoms with van der Waals surface area (Å²) in [5.41, 5.74) is -4.19. The van der Waals surface area contributed by atoms with E-state index in [-0.39, 0.29) is 69.3 Å². The Balaban J connectivity index is 1.22. The first-order chi connectivity index (χ1) is 27.5. The number of aromatic nitrogens is 1. The summed E-state index contributed by atoms with van der Waals surface area (Å²) in [6.07, 6.45) is 14.0. The van der Waals surface area contributed by atoms with E-state index < -0.39 is 76.6 Å². The van der Waals surface area contributed by atoms with Crippen LogP contribution in [0.4, 0.5) is 0 Å². The van der Waals surface area contributed by atoms with E-state index in [1.165, 1.54) is 6.07 Å². The molecule has 7 rings (SSSR count). The molecule has 12 nitrogen and oxygen atoms in total. The Morgan fingerprint density at radius 2 is 1.86 bits per heavy atom. The largest absolute Gasteiger partial charge is 0.511 e. The monoisotopic (exact) mass is 840 g/mol. The van der Waals surface area contributed by atoms with Crippen LogP contribution in [0.25, 0.3) is 0 Å². The van der Waals surface area contributed by atoms with E-state index in [2.05, 4.69) is 35.5 Å². The molecule has 314 valence electrons. The van der Waals surface area contributed by atoms with Crippen LogP contribution in [0.1, 0.15) is 96.5 Å². The third-order valence-corrected chi connectivity index (χ3v) is 14.7. The van der Waals surface area contributed by atoms with Crippen molar-refractivity contribution in [3.8, 4) is 0 Å². The maximum absolute atomic E-state index is 15.0. The highest BCUT2D eigenvalue weighted by Crippen LogP contribution is 2.61. The molecule has 1 amide bonds. The molecular formula is C44H54Cl2N2O10. The second-order valence-corrected chi connectivity index (χ2v) is 18.1. The third kappa shape index (κ3) is 6.90. The summed E-state index contributed by atoms with van der Waals surface area (Å²) in [6, 6.07) is 0.665. The third-order valence-electron chi connectivity index (χ3n) is 14.2. The van der Waals surface area contributed by atoms with Crippen molar-refractivity contribution < 1.29 is 48.7 Å². The molecule has 1 aromatic heterocycles. The topological polar surface area (TPSA) is 184 Å². The number of H-pyrrole nitrogens is 1. The maximum atomic E-state index is 15.0. The van der Waals surface area contributed by atoms with E-state index in [0.717, 1.165) is 6.42 Å². The average Bonchev–Trinajstić information content (AvgIpc) is 3.65. The summed E-state index contributed by atoms with van der Waals surface area (Å²) < 4.78 is 19.3. The van der Waals surface area contributed by atoms with Crippen LogP contribution >= 0.6 is 23.2 Å². The van der Waals surface area contributed by atoms with Gasteiger partial charge < -0.3 is 39.8 Å². The summed E-state index contributed by atoms with van der Waals surface area (Å²) in [5, 5.41) is 37.4. The van der Waals surface area contributed by atoms with Gasteiger partial charge in [0, 0.05) is 29.7 Å². The Morgan fingerprint density at radius 1 is 1.10 bits per heavy atom. The molecule has 58 heavy (non-hydrogen) atoms. The van der Waals surface area contributed by atoms with Crippen molar-refractivity contribution in [2.75, 3.05) is 0 Å². The first-order valence-corrected chi connectivity index (χ1v) is 21.3. The number of ether oxygens (including phenoxy) is 3. The minimum atomic E-state index is -1.74. The molecule has 3 fully saturated rings. The molecule has 0 aromatic carbocycles. The Hall–Kier alpha value is -3.68. The van der Waals surface area contributed by atoms with Crippen LogP contribution < -0.4 is 5.32 Å². The number of aliphatic carboxylic acids is 1. The van der Waals surface area contributed by atoms with Gasteiger partial charge in [0.1, 0.15) is 22.2 Å². The predicted octanol–water partition coefficient (Wildman–Crippen LogP) is 7.58. The number of esters is 1. The molecule has 2 aliphatic heterocycles. The number of halogens is 2. The molecule has 2 bridgehead atoms. The highest BCUT2D eigenvalue weighted by atomic mass is 35.5. The number of aromatic amines is 1. The van der Waals surface area contributed by atoms with Gasteiger partial charge >= 0.3 is 11.9 Å². The number of aliphatic hydroxyl groups excluding tert-OH is 2. The van der Waals surface area contributed by atoms with Crippen molar-refractivity contribution in [1.82, 2.24) is 10.3 Å². The van der Waals surface area contributed by atoms with E-state index in [9.17, 15) is 29.7 Å². The molecular weight excluding hydrogens is 787 g/mol. The van der Waals surface area contributed by atoms with Gasteiger partial charge in [0.05, 0.1) is 34.8 Å². The molecule has 3 heterocycles. The van der Waals surface area contributed by atoms with Gasteiger partial charge in [0.2, 0.25) is 5.78 Å². The molecule has 6 aliphatic rings. The van der Waals surface area contributed by atoms with Crippen LogP contribution in [0.5, 0.6) is 0 Å². The standard InChI is InChI=1S/C44H54Cl2N2O10/c1-6-24-20-44-38(51)33(41(55)58-44)37(50)43(7-2)25(12-10-8-9-11-17-42(44,5)21-27(24)40(53)54)14-15-26-28(43)16-13-22(3)36(26)57-32-19-30(49)34(23(4)56-32)48-39(52)35-29(45)18-31(46)47-35/h8,10-11,14-15,17-18,21-26,28,30,32,34,36,47,49-50H,6-7,9,12-13,16,19-20H2,1-5H3,(H,48,52)(H,53,54)/b10-8+,17-11+,37-33+/t22-,23+,24-,25+,26-,28+,30+,32+,34+,36-,42-,43+,44+/m0/s1. The van der Waals surface area contributed by atoms with Crippen molar-refractivity contribution in [2.24, 2.45) is 40.4 Å². The molecule has 1 spiro atoms. The van der Waals surface area contributed by atoms with Crippen molar-refractivity contribution in [3.05, 3.63) is 81.4 Å². The number of fused-ring (bicyclic) bond motifs is 4. The smallest absolute Gasteiger partial charge is 0.346 e. The van der Waals surface area contributed by atoms with Gasteiger partial charge in [0.15, 0.2) is 11.9 Å². The highest BCUT2D eigenvalue weighted by Gasteiger charge is 2.67. The number of nitrogens with one attached hydrogen (secondary N) is 2. The number of amides is 1. The lowest BCUT2D eigenvalue weighted by molar-refractivity contribution is -0.258. The predicted molar refractivity (Wildman–Crippen MR) is 216 cm³/mol. The number of carbonyl (C=O) groups is 4. The van der Waals surface area contributed by atoms with Crippen LogP contribution in [0.2, 0.25) is 10.2 Å². The average molecular weight is 842 g/mol. The molecule has 1 aromatic rings. The van der Waals surface area contributed by atoms with Crippen LogP contribution in [0.3, 0.4) is 0 Å². The van der Waals surface area contributed by atoms with Gasteiger partial charge in [0.25, 0.3) is 5.91 Å². The lowest BCUT2D eigenvalue weighted by Crippen LogP contribution is -2.58. The van der Waals surface area contributed by atoms with Gasteiger partial charge in [-0.2, -0.15) is 0 Å². The molecule has 0 unspecified atom stereocenters. The fourth-order valence-corrected chi connectivity index (χ4v) is 11.5. The Morgan fingerprint density at radius 3 is 2.52 bits per heavy atom. The van der Waals surface area contributed by atoms with E-state index in [4.69, 9.17) is 37.4 Å². The minimum Gasteiger partial charge on any atom is -0.511 e. The second kappa shape index (κ2) is 16.1. The number of carboxylic acid groups (broad SMARTS) is 1. The van der Waals surface area contributed by atoms with E-state index in [1.54, 1.807) is 26.0 Å². The zero-order valence-corrected chi connectivity index (χ0v) is 35.0. The maximum Gasteiger partial charge on any atom is 0.346 e. The zero-order chi connectivity index (χ0) is 41.9. The zero-order valence-electron chi connectivity index (χ0n) is 33.5. The second-order valence-electron chi connectivity index (χ2n) is 17.2. The SMILES string of the molecule is CC[C@H]1C[C@]23OC(=O)/C(=C(/O)[C@@]4(CC)[C@@H]5CC[C@H](C)[C@H](O[C@@H]6C[C@@H](O)[C@H](NC(=O)c7[nH]c(Cl)cc7Cl)[C@@H](C)O6)[C@H]5C=C[C@H]4C/C=C/C/C=C/[C@@]2(C)C=C1C(=O)O)C3=O. The lowest BCUT2D eigenvalue weighted by atomic mass is 9.51. The van der Waals surface area contributed by atoms with E-state index >= 15 is 4.79 Å². The normalized spacial score (nSPS) is 42.3. The minimum absolute atomic E-state index is 0.0220. The van der Waals surface area contributed by atoms with Crippen molar-refractivity contribution in [1.29, 1.82) is 0 Å². The fraction of sp³-hybridized carbons (Fsp3) is 0.591. The first kappa shape index (κ1) is 42.4. The van der Waals surface area contributed by atoms with Gasteiger partial charge in [-0.25, -0.2) is 9.59 Å². The summed E-state index contributed by atoms with van der Waals surface area (Å²) >= 11 is 12.2. The number of hydrogen-bond donors (Lipinski definition) is 5. The van der Waals surface area contributed by atoms with Crippen LogP contribution in [0, 0.1) is 40.4 Å². The number of hydrogen-bond acceptors (Lipinski definition) is 9. The van der Waals surface area contributed by atoms with Crippen LogP contribution in [-0.4, -0.2) is 80.2 Å². The van der Waals surface area contributed by atoms with Gasteiger partial charge in [-0.05, 0) is 82.1 Å². The number of rotatable bonds is 7. The van der Waals surface area contributed by atoms with Crippen molar-refractivity contribution >= 4 is 46.8 Å². The van der Waals surface area contributed by atoms with Crippen LogP contribution in [-0.2, 0) is 28.6 Å². The Kier molecular flexibility index (Phi) is 11.8.